The highest BCUT2D eigenvalue weighted by Gasteiger charge is 2.34. The van der Waals surface area contributed by atoms with Gasteiger partial charge in [0.1, 0.15) is 5.01 Å². The standard InChI is InChI=1S/C25H26F3N5O3S/c1-13-11-36-12-14(2)33(13)23(35)19-6-17(5-18(7-19)22-29-8-15(3)37-22)21(34)32-16(4)20-9-30-24(31-10-20)25(26,27)28/h5-10,13-14,16H,11-12H2,1-4H3,(H,32,34)/t13-,14-,16+/m0/s1. The Hall–Kier alpha value is -3.38. The number of rotatable bonds is 5. The smallest absolute Gasteiger partial charge is 0.377 e. The highest BCUT2D eigenvalue weighted by molar-refractivity contribution is 7.14. The topological polar surface area (TPSA) is 97.3 Å². The zero-order chi connectivity index (χ0) is 26.9. The first-order chi connectivity index (χ1) is 17.4. The predicted octanol–water partition coefficient (Wildman–Crippen LogP) is 4.67. The summed E-state index contributed by atoms with van der Waals surface area (Å²) in [4.78, 5) is 40.6. The number of halogens is 3. The van der Waals surface area contributed by atoms with Crippen LogP contribution in [0.4, 0.5) is 13.2 Å². The molecule has 3 aromatic rings. The first-order valence-electron chi connectivity index (χ1n) is 11.6. The molecule has 196 valence electrons. The number of hydrogen-bond donors (Lipinski definition) is 1. The summed E-state index contributed by atoms with van der Waals surface area (Å²) in [7, 11) is 0. The van der Waals surface area contributed by atoms with Gasteiger partial charge < -0.3 is 15.0 Å². The molecule has 3 atom stereocenters. The lowest BCUT2D eigenvalue weighted by Gasteiger charge is -2.39. The Labute approximate surface area is 215 Å². The summed E-state index contributed by atoms with van der Waals surface area (Å²) in [5.41, 5.74) is 1.48. The maximum absolute atomic E-state index is 13.6. The van der Waals surface area contributed by atoms with Crippen LogP contribution in [-0.2, 0) is 10.9 Å². The molecule has 0 bridgehead atoms. The van der Waals surface area contributed by atoms with Crippen molar-refractivity contribution >= 4 is 23.2 Å². The quantitative estimate of drug-likeness (QED) is 0.512. The Kier molecular flexibility index (Phi) is 7.60. The molecule has 0 unspecified atom stereocenters. The average Bonchev–Trinajstić information content (AvgIpc) is 3.29. The number of carbonyl (C=O) groups excluding carboxylic acids is 2. The van der Waals surface area contributed by atoms with E-state index in [0.29, 0.717) is 34.9 Å². The lowest BCUT2D eigenvalue weighted by atomic mass is 10.0. The molecule has 1 aromatic carbocycles. The van der Waals surface area contributed by atoms with Crippen LogP contribution in [0, 0.1) is 6.92 Å². The highest BCUT2D eigenvalue weighted by atomic mass is 32.1. The molecule has 1 aliphatic rings. The minimum Gasteiger partial charge on any atom is -0.377 e. The number of aryl methyl sites for hydroxylation is 1. The van der Waals surface area contributed by atoms with Crippen LogP contribution in [0.5, 0.6) is 0 Å². The molecule has 0 aliphatic carbocycles. The second-order valence-corrected chi connectivity index (χ2v) is 10.3. The summed E-state index contributed by atoms with van der Waals surface area (Å²) in [5.74, 6) is -1.98. The van der Waals surface area contributed by atoms with Crippen LogP contribution in [0.15, 0.2) is 36.8 Å². The maximum Gasteiger partial charge on any atom is 0.451 e. The monoisotopic (exact) mass is 533 g/mol. The van der Waals surface area contributed by atoms with Gasteiger partial charge >= 0.3 is 6.18 Å². The average molecular weight is 534 g/mol. The first kappa shape index (κ1) is 26.7. The fourth-order valence-electron chi connectivity index (χ4n) is 4.12. The molecule has 12 heteroatoms. The van der Waals surface area contributed by atoms with Gasteiger partial charge in [0.25, 0.3) is 11.8 Å². The number of ether oxygens (including phenoxy) is 1. The van der Waals surface area contributed by atoms with E-state index in [9.17, 15) is 22.8 Å². The van der Waals surface area contributed by atoms with E-state index in [1.807, 2.05) is 20.8 Å². The number of aromatic nitrogens is 3. The summed E-state index contributed by atoms with van der Waals surface area (Å²) < 4.78 is 43.9. The van der Waals surface area contributed by atoms with Gasteiger partial charge in [-0.25, -0.2) is 15.0 Å². The molecule has 1 saturated heterocycles. The predicted molar refractivity (Wildman–Crippen MR) is 131 cm³/mol. The van der Waals surface area contributed by atoms with Crippen molar-refractivity contribution in [2.24, 2.45) is 0 Å². The fourth-order valence-corrected chi connectivity index (χ4v) is 4.87. The van der Waals surface area contributed by atoms with Gasteiger partial charge in [0, 0.05) is 45.7 Å². The molecule has 3 heterocycles. The van der Waals surface area contributed by atoms with E-state index in [1.54, 1.807) is 30.2 Å². The molecule has 37 heavy (non-hydrogen) atoms. The van der Waals surface area contributed by atoms with Crippen molar-refractivity contribution in [3.63, 3.8) is 0 Å². The Morgan fingerprint density at radius 2 is 1.68 bits per heavy atom. The third-order valence-corrected chi connectivity index (χ3v) is 6.95. The molecular weight excluding hydrogens is 507 g/mol. The molecule has 4 rings (SSSR count). The number of hydrogen-bond acceptors (Lipinski definition) is 7. The van der Waals surface area contributed by atoms with E-state index in [-0.39, 0.29) is 23.6 Å². The summed E-state index contributed by atoms with van der Waals surface area (Å²) >= 11 is 1.44. The van der Waals surface area contributed by atoms with E-state index in [1.165, 1.54) is 17.4 Å². The van der Waals surface area contributed by atoms with E-state index in [2.05, 4.69) is 20.3 Å². The van der Waals surface area contributed by atoms with Gasteiger partial charge in [-0.05, 0) is 45.9 Å². The van der Waals surface area contributed by atoms with Crippen molar-refractivity contribution in [2.45, 2.75) is 52.0 Å². The van der Waals surface area contributed by atoms with Gasteiger partial charge in [0.05, 0.1) is 31.3 Å². The van der Waals surface area contributed by atoms with Crippen LogP contribution in [0.3, 0.4) is 0 Å². The number of nitrogens with one attached hydrogen (secondary N) is 1. The van der Waals surface area contributed by atoms with E-state index >= 15 is 0 Å². The molecule has 0 spiro atoms. The number of amides is 2. The van der Waals surface area contributed by atoms with Crippen LogP contribution in [0.1, 0.15) is 63.8 Å². The summed E-state index contributed by atoms with van der Waals surface area (Å²) in [6, 6.07) is 3.93. The van der Waals surface area contributed by atoms with Crippen molar-refractivity contribution in [1.82, 2.24) is 25.2 Å². The highest BCUT2D eigenvalue weighted by Crippen LogP contribution is 2.29. The van der Waals surface area contributed by atoms with Gasteiger partial charge in [-0.1, -0.05) is 0 Å². The van der Waals surface area contributed by atoms with Crippen molar-refractivity contribution in [2.75, 3.05) is 13.2 Å². The van der Waals surface area contributed by atoms with Crippen LogP contribution < -0.4 is 5.32 Å². The molecule has 2 amide bonds. The minimum atomic E-state index is -4.65. The lowest BCUT2D eigenvalue weighted by Crippen LogP contribution is -2.52. The van der Waals surface area contributed by atoms with Gasteiger partial charge in [0.15, 0.2) is 0 Å². The van der Waals surface area contributed by atoms with Crippen LogP contribution >= 0.6 is 11.3 Å². The number of morpholine rings is 1. The Morgan fingerprint density at radius 1 is 1.05 bits per heavy atom. The van der Waals surface area contributed by atoms with E-state index < -0.39 is 23.9 Å². The molecule has 1 fully saturated rings. The van der Waals surface area contributed by atoms with E-state index in [0.717, 1.165) is 17.3 Å². The molecular formula is C25H26F3N5O3S. The third-order valence-electron chi connectivity index (χ3n) is 5.99. The second-order valence-electron chi connectivity index (χ2n) is 9.06. The number of alkyl halides is 3. The van der Waals surface area contributed by atoms with Crippen molar-refractivity contribution in [3.8, 4) is 10.6 Å². The Bertz CT molecular complexity index is 1290. The summed E-state index contributed by atoms with van der Waals surface area (Å²) in [6.45, 7) is 8.17. The zero-order valence-corrected chi connectivity index (χ0v) is 21.5. The zero-order valence-electron chi connectivity index (χ0n) is 20.7. The van der Waals surface area contributed by atoms with Crippen molar-refractivity contribution in [3.05, 3.63) is 64.2 Å². The van der Waals surface area contributed by atoms with Crippen LogP contribution in [-0.4, -0.2) is 57.0 Å². The van der Waals surface area contributed by atoms with Crippen molar-refractivity contribution < 1.29 is 27.5 Å². The van der Waals surface area contributed by atoms with Crippen LogP contribution in [0.25, 0.3) is 10.6 Å². The molecule has 1 N–H and O–H groups in total. The van der Waals surface area contributed by atoms with Gasteiger partial charge in [-0.3, -0.25) is 9.59 Å². The summed E-state index contributed by atoms with van der Waals surface area (Å²) in [5, 5.41) is 3.42. The minimum absolute atomic E-state index is 0.140. The third kappa shape index (κ3) is 5.96. The van der Waals surface area contributed by atoms with Gasteiger partial charge in [-0.15, -0.1) is 11.3 Å². The fraction of sp³-hybridized carbons (Fsp3) is 0.400. The van der Waals surface area contributed by atoms with Crippen molar-refractivity contribution in [1.29, 1.82) is 0 Å². The molecule has 1 aliphatic heterocycles. The molecule has 0 radical (unpaired) electrons. The molecule has 8 nitrogen and oxygen atoms in total. The van der Waals surface area contributed by atoms with Gasteiger partial charge in [-0.2, -0.15) is 13.2 Å². The largest absolute Gasteiger partial charge is 0.451 e. The second kappa shape index (κ2) is 10.5. The maximum atomic E-state index is 13.6. The SMILES string of the molecule is Cc1cnc(-c2cc(C(=O)N[C@H](C)c3cnc(C(F)(F)F)nc3)cc(C(=O)N3[C@@H](C)COC[C@@H]3C)c2)s1. The van der Waals surface area contributed by atoms with Gasteiger partial charge in [0.2, 0.25) is 5.82 Å². The summed E-state index contributed by atoms with van der Waals surface area (Å²) in [6.07, 6.45) is -0.873. The lowest BCUT2D eigenvalue weighted by molar-refractivity contribution is -0.145. The number of nitrogens with zero attached hydrogens (tertiary/aromatic N) is 4. The molecule has 2 aromatic heterocycles. The molecule has 0 saturated carbocycles. The Morgan fingerprint density at radius 3 is 2.24 bits per heavy atom. The first-order valence-corrected chi connectivity index (χ1v) is 12.4. The van der Waals surface area contributed by atoms with Crippen LogP contribution in [0.2, 0.25) is 0 Å². The number of benzene rings is 1. The van der Waals surface area contributed by atoms with E-state index in [4.69, 9.17) is 4.74 Å². The number of carbonyl (C=O) groups is 2. The normalized spacial score (nSPS) is 18.9. The Balaban J connectivity index is 1.64. The number of thiazole rings is 1.